The molecular formula is C18H25N3O7S. The third-order valence-electron chi connectivity index (χ3n) is 4.83. The average molecular weight is 427 g/mol. The van der Waals surface area contributed by atoms with Crippen LogP contribution in [-0.4, -0.2) is 65.1 Å². The average Bonchev–Trinajstić information content (AvgIpc) is 3.29. The molecule has 1 aromatic rings. The molecule has 4 rings (SSSR count). The third-order valence-corrected chi connectivity index (χ3v) is 5.52. The van der Waals surface area contributed by atoms with Crippen LogP contribution in [0.1, 0.15) is 34.6 Å². The molecule has 3 aliphatic heterocycles. The summed E-state index contributed by atoms with van der Waals surface area (Å²) in [5, 5.41) is 7.53. The van der Waals surface area contributed by atoms with Gasteiger partial charge < -0.3 is 34.3 Å². The van der Waals surface area contributed by atoms with Crippen molar-refractivity contribution in [1.82, 2.24) is 10.3 Å². The molecule has 2 amide bonds. The minimum Gasteiger partial charge on any atom is -0.342 e. The van der Waals surface area contributed by atoms with E-state index in [1.807, 2.05) is 0 Å². The summed E-state index contributed by atoms with van der Waals surface area (Å²) in [5.41, 5.74) is 0. The number of carbonyl (C=O) groups is 2. The molecule has 29 heavy (non-hydrogen) atoms. The topological polar surface area (TPSA) is 117 Å². The summed E-state index contributed by atoms with van der Waals surface area (Å²) in [6.45, 7) is 8.65. The number of ether oxygens (including phenoxy) is 5. The maximum Gasteiger partial charge on any atom is 0.252 e. The molecule has 1 aromatic heterocycles. The Morgan fingerprint density at radius 1 is 1.07 bits per heavy atom. The second kappa shape index (κ2) is 7.25. The van der Waals surface area contributed by atoms with Crippen molar-refractivity contribution in [1.29, 1.82) is 0 Å². The van der Waals surface area contributed by atoms with Crippen LogP contribution in [-0.2, 0) is 33.3 Å². The molecule has 0 saturated carbocycles. The third kappa shape index (κ3) is 4.16. The fraction of sp³-hybridized carbons (Fsp3) is 0.722. The molecule has 3 aliphatic rings. The Labute approximate surface area is 172 Å². The lowest BCUT2D eigenvalue weighted by Crippen LogP contribution is -2.60. The first kappa shape index (κ1) is 20.6. The van der Waals surface area contributed by atoms with E-state index >= 15 is 0 Å². The van der Waals surface area contributed by atoms with Gasteiger partial charge in [-0.25, -0.2) is 4.98 Å². The van der Waals surface area contributed by atoms with Crippen LogP contribution in [0.3, 0.4) is 0 Å². The summed E-state index contributed by atoms with van der Waals surface area (Å²) in [6, 6.07) is -0.807. The van der Waals surface area contributed by atoms with Gasteiger partial charge in [-0.1, -0.05) is 0 Å². The monoisotopic (exact) mass is 427 g/mol. The van der Waals surface area contributed by atoms with Crippen LogP contribution in [0.2, 0.25) is 0 Å². The van der Waals surface area contributed by atoms with Gasteiger partial charge in [0.1, 0.15) is 24.4 Å². The summed E-state index contributed by atoms with van der Waals surface area (Å²) in [7, 11) is 0. The number of rotatable bonds is 4. The summed E-state index contributed by atoms with van der Waals surface area (Å²) >= 11 is 1.29. The van der Waals surface area contributed by atoms with Crippen LogP contribution in [0.5, 0.6) is 0 Å². The first-order chi connectivity index (χ1) is 13.5. The van der Waals surface area contributed by atoms with Crippen molar-refractivity contribution in [3.8, 4) is 0 Å². The number of carbonyl (C=O) groups excluding carboxylic acids is 2. The zero-order valence-corrected chi connectivity index (χ0v) is 17.6. The maximum absolute atomic E-state index is 13.0. The standard InChI is InChI=1S/C18H25N3O7S/c1-8(13(22)21-16-19-6-7-29-16)20-14(23)11-9-10(26-17(2,3)25-9)12-15(24-11)28-18(4,5)27-12/h6-12,15H,1-5H3,(H,20,23)(H,19,21,22)/t8?,9-,10+,11?,12-,15-/m1/s1. The van der Waals surface area contributed by atoms with Crippen LogP contribution in [0.4, 0.5) is 5.13 Å². The highest BCUT2D eigenvalue weighted by Crippen LogP contribution is 2.44. The van der Waals surface area contributed by atoms with E-state index in [0.717, 1.165) is 0 Å². The van der Waals surface area contributed by atoms with E-state index in [1.165, 1.54) is 11.3 Å². The molecule has 3 fully saturated rings. The molecule has 0 bridgehead atoms. The van der Waals surface area contributed by atoms with E-state index in [1.54, 1.807) is 46.2 Å². The molecule has 4 heterocycles. The molecular weight excluding hydrogens is 402 g/mol. The van der Waals surface area contributed by atoms with Crippen molar-refractivity contribution in [2.24, 2.45) is 0 Å². The Morgan fingerprint density at radius 2 is 1.72 bits per heavy atom. The number of aromatic nitrogens is 1. The van der Waals surface area contributed by atoms with Crippen LogP contribution < -0.4 is 10.6 Å². The lowest BCUT2D eigenvalue weighted by molar-refractivity contribution is -0.231. The smallest absolute Gasteiger partial charge is 0.252 e. The van der Waals surface area contributed by atoms with E-state index in [0.29, 0.717) is 5.13 Å². The Kier molecular flexibility index (Phi) is 5.16. The van der Waals surface area contributed by atoms with Crippen molar-refractivity contribution in [3.05, 3.63) is 11.6 Å². The number of hydrogen-bond donors (Lipinski definition) is 2. The van der Waals surface area contributed by atoms with Crippen LogP contribution >= 0.6 is 11.3 Å². The molecule has 0 aromatic carbocycles. The summed E-state index contributed by atoms with van der Waals surface area (Å²) in [4.78, 5) is 29.3. The number of nitrogens with one attached hydrogen (secondary N) is 2. The maximum atomic E-state index is 13.0. The van der Waals surface area contributed by atoms with Gasteiger partial charge in [0.2, 0.25) is 5.91 Å². The predicted molar refractivity (Wildman–Crippen MR) is 101 cm³/mol. The Balaban J connectivity index is 1.46. The minimum atomic E-state index is -1.02. The number of thiazole rings is 1. The van der Waals surface area contributed by atoms with E-state index in [-0.39, 0.29) is 5.91 Å². The number of anilines is 1. The number of fused-ring (bicyclic) bond motifs is 3. The Bertz CT molecular complexity index is 784. The lowest BCUT2D eigenvalue weighted by Gasteiger charge is -2.36. The Morgan fingerprint density at radius 3 is 2.41 bits per heavy atom. The summed E-state index contributed by atoms with van der Waals surface area (Å²) in [6.07, 6.45) is -1.97. The van der Waals surface area contributed by atoms with E-state index < -0.39 is 54.2 Å². The van der Waals surface area contributed by atoms with Gasteiger partial charge >= 0.3 is 0 Å². The molecule has 2 N–H and O–H groups in total. The normalized spacial score (nSPS) is 35.4. The lowest BCUT2D eigenvalue weighted by atomic mass is 9.98. The summed E-state index contributed by atoms with van der Waals surface area (Å²) < 4.78 is 29.5. The van der Waals surface area contributed by atoms with Crippen molar-refractivity contribution < 1.29 is 33.3 Å². The zero-order chi connectivity index (χ0) is 21.0. The highest BCUT2D eigenvalue weighted by molar-refractivity contribution is 7.13. The molecule has 10 nitrogen and oxygen atoms in total. The molecule has 160 valence electrons. The highest BCUT2D eigenvalue weighted by atomic mass is 32.1. The molecule has 11 heteroatoms. The molecule has 3 saturated heterocycles. The van der Waals surface area contributed by atoms with Crippen LogP contribution in [0.25, 0.3) is 0 Å². The van der Waals surface area contributed by atoms with E-state index in [2.05, 4.69) is 15.6 Å². The number of hydrogen-bond acceptors (Lipinski definition) is 9. The van der Waals surface area contributed by atoms with Crippen molar-refractivity contribution in [2.45, 2.75) is 82.9 Å². The van der Waals surface area contributed by atoms with E-state index in [9.17, 15) is 9.59 Å². The molecule has 0 aliphatic carbocycles. The zero-order valence-electron chi connectivity index (χ0n) is 16.8. The van der Waals surface area contributed by atoms with Crippen molar-refractivity contribution in [2.75, 3.05) is 5.32 Å². The predicted octanol–water partition coefficient (Wildman–Crippen LogP) is 0.983. The molecule has 6 atom stereocenters. The van der Waals surface area contributed by atoms with Crippen molar-refractivity contribution >= 4 is 28.3 Å². The quantitative estimate of drug-likeness (QED) is 0.730. The largest absolute Gasteiger partial charge is 0.342 e. The van der Waals surface area contributed by atoms with Gasteiger partial charge in [0.15, 0.2) is 29.1 Å². The van der Waals surface area contributed by atoms with Gasteiger partial charge in [-0.05, 0) is 34.6 Å². The first-order valence-corrected chi connectivity index (χ1v) is 10.3. The van der Waals surface area contributed by atoms with Gasteiger partial charge in [-0.15, -0.1) is 11.3 Å². The molecule has 0 spiro atoms. The summed E-state index contributed by atoms with van der Waals surface area (Å²) in [5.74, 6) is -2.66. The Hall–Kier alpha value is -1.63. The van der Waals surface area contributed by atoms with Gasteiger partial charge in [0.05, 0.1) is 0 Å². The molecule has 2 unspecified atom stereocenters. The number of nitrogens with zero attached hydrogens (tertiary/aromatic N) is 1. The van der Waals surface area contributed by atoms with Gasteiger partial charge in [-0.2, -0.15) is 0 Å². The van der Waals surface area contributed by atoms with Gasteiger partial charge in [-0.3, -0.25) is 9.59 Å². The van der Waals surface area contributed by atoms with Crippen LogP contribution in [0.15, 0.2) is 11.6 Å². The fourth-order valence-electron chi connectivity index (χ4n) is 3.68. The van der Waals surface area contributed by atoms with Crippen LogP contribution in [0, 0.1) is 0 Å². The van der Waals surface area contributed by atoms with E-state index in [4.69, 9.17) is 23.7 Å². The minimum absolute atomic E-state index is 0.385. The second-order valence-corrected chi connectivity index (χ2v) is 9.04. The number of amides is 2. The molecule has 0 radical (unpaired) electrons. The SMILES string of the molecule is CC(NC(=O)C1O[C@@H]2OC(C)(C)O[C@@H]2[C@H]2OC(C)(C)O[C@@H]12)C(=O)Nc1nccs1. The van der Waals surface area contributed by atoms with Gasteiger partial charge in [0.25, 0.3) is 5.91 Å². The van der Waals surface area contributed by atoms with Crippen molar-refractivity contribution in [3.63, 3.8) is 0 Å². The first-order valence-electron chi connectivity index (χ1n) is 9.42. The fourth-order valence-corrected chi connectivity index (χ4v) is 4.22. The van der Waals surface area contributed by atoms with Gasteiger partial charge in [0, 0.05) is 11.6 Å². The second-order valence-electron chi connectivity index (χ2n) is 8.15. The highest BCUT2D eigenvalue weighted by Gasteiger charge is 2.62.